The van der Waals surface area contributed by atoms with Crippen molar-refractivity contribution in [3.63, 3.8) is 0 Å². The molecular weight excluding hydrogens is 270 g/mol. The van der Waals surface area contributed by atoms with E-state index in [1.165, 1.54) is 32.1 Å². The van der Waals surface area contributed by atoms with Crippen LogP contribution in [0.4, 0.5) is 0 Å². The molecule has 0 bridgehead atoms. The molecule has 1 unspecified atom stereocenters. The van der Waals surface area contributed by atoms with Crippen LogP contribution in [0.25, 0.3) is 0 Å². The van der Waals surface area contributed by atoms with E-state index in [1.54, 1.807) is 4.90 Å². The van der Waals surface area contributed by atoms with Gasteiger partial charge in [-0.2, -0.15) is 5.26 Å². The van der Waals surface area contributed by atoms with Crippen molar-refractivity contribution in [1.82, 2.24) is 4.90 Å². The molecule has 1 amide bonds. The maximum Gasteiger partial charge on any atom is 0.346 e. The fraction of sp³-hybridized carbons (Fsp3) is 0.875. The predicted molar refractivity (Wildman–Crippen MR) is 80.6 cm³/mol. The Hall–Kier alpha value is -1.10. The van der Waals surface area contributed by atoms with Crippen LogP contribution in [0, 0.1) is 5.92 Å². The molecule has 0 saturated carbocycles. The molecule has 1 fully saturated rings. The van der Waals surface area contributed by atoms with Gasteiger partial charge in [0.25, 0.3) is 0 Å². The highest BCUT2D eigenvalue weighted by atomic mass is 17.1. The number of nitrogens with zero attached hydrogens (tertiary/aromatic N) is 1. The molecule has 1 N–H and O–H groups in total. The molecule has 0 aromatic rings. The second-order valence-corrected chi connectivity index (χ2v) is 5.96. The van der Waals surface area contributed by atoms with Crippen molar-refractivity contribution < 1.29 is 19.7 Å². The van der Waals surface area contributed by atoms with E-state index in [0.717, 1.165) is 19.3 Å². The summed E-state index contributed by atoms with van der Waals surface area (Å²) in [6.45, 7) is 3.30. The van der Waals surface area contributed by atoms with Crippen LogP contribution in [0.2, 0.25) is 0 Å². The zero-order valence-electron chi connectivity index (χ0n) is 13.2. The Morgan fingerprint density at radius 3 is 2.48 bits per heavy atom. The molecule has 5 heteroatoms. The molecule has 0 aliphatic carbocycles. The Bertz CT molecular complexity index is 319. The van der Waals surface area contributed by atoms with Gasteiger partial charge >= 0.3 is 5.97 Å². The number of hydrogen-bond donors (Lipinski definition) is 1. The molecule has 122 valence electrons. The van der Waals surface area contributed by atoms with Gasteiger partial charge in [0.05, 0.1) is 5.92 Å². The van der Waals surface area contributed by atoms with E-state index >= 15 is 0 Å². The van der Waals surface area contributed by atoms with Crippen LogP contribution in [-0.4, -0.2) is 35.1 Å². The smallest absolute Gasteiger partial charge is 0.342 e. The Balaban J connectivity index is 2.15. The van der Waals surface area contributed by atoms with Crippen molar-refractivity contribution in [2.45, 2.75) is 71.1 Å². The van der Waals surface area contributed by atoms with Crippen LogP contribution in [0.1, 0.15) is 71.1 Å². The third kappa shape index (κ3) is 6.93. The molecule has 21 heavy (non-hydrogen) atoms. The molecule has 1 rings (SSSR count). The van der Waals surface area contributed by atoms with Gasteiger partial charge in [0.15, 0.2) is 0 Å². The Morgan fingerprint density at radius 1 is 1.14 bits per heavy atom. The summed E-state index contributed by atoms with van der Waals surface area (Å²) in [4.78, 5) is 28.9. The summed E-state index contributed by atoms with van der Waals surface area (Å²) < 4.78 is 0. The summed E-state index contributed by atoms with van der Waals surface area (Å²) in [6, 6.07) is 0. The molecule has 1 heterocycles. The van der Waals surface area contributed by atoms with Crippen LogP contribution in [0.15, 0.2) is 0 Å². The van der Waals surface area contributed by atoms with Crippen LogP contribution in [0.3, 0.4) is 0 Å². The second kappa shape index (κ2) is 10.6. The monoisotopic (exact) mass is 299 g/mol. The lowest BCUT2D eigenvalue weighted by molar-refractivity contribution is -0.240. The number of carbonyl (C=O) groups excluding carboxylic acids is 2. The quantitative estimate of drug-likeness (QED) is 0.402. The number of carbonyl (C=O) groups is 2. The van der Waals surface area contributed by atoms with Gasteiger partial charge in [0, 0.05) is 19.5 Å². The minimum atomic E-state index is -0.622. The standard InChI is InChI=1S/C16H29NO4/c1-2-3-4-5-6-7-8-11-15(18)17-12-9-10-14(13-17)16(19)21-20/h14,20H,2-13H2,1H3. The molecule has 1 aliphatic rings. The minimum Gasteiger partial charge on any atom is -0.342 e. The van der Waals surface area contributed by atoms with Gasteiger partial charge in [-0.25, -0.2) is 4.79 Å². The normalized spacial score (nSPS) is 18.6. The lowest BCUT2D eigenvalue weighted by atomic mass is 9.98. The number of amides is 1. The highest BCUT2D eigenvalue weighted by molar-refractivity contribution is 5.78. The van der Waals surface area contributed by atoms with E-state index < -0.39 is 5.97 Å². The molecule has 1 aliphatic heterocycles. The Kier molecular flexibility index (Phi) is 9.06. The first-order valence-electron chi connectivity index (χ1n) is 8.32. The number of unbranched alkanes of at least 4 members (excludes halogenated alkanes) is 6. The van der Waals surface area contributed by atoms with Gasteiger partial charge in [-0.1, -0.05) is 45.4 Å². The van der Waals surface area contributed by atoms with E-state index in [4.69, 9.17) is 5.26 Å². The average molecular weight is 299 g/mol. The van der Waals surface area contributed by atoms with Crippen LogP contribution < -0.4 is 0 Å². The number of hydrogen-bond acceptors (Lipinski definition) is 4. The molecule has 5 nitrogen and oxygen atoms in total. The first kappa shape index (κ1) is 18.0. The summed E-state index contributed by atoms with van der Waals surface area (Å²) in [5.41, 5.74) is 0. The van der Waals surface area contributed by atoms with Crippen LogP contribution >= 0.6 is 0 Å². The molecule has 1 atom stereocenters. The van der Waals surface area contributed by atoms with E-state index in [1.807, 2.05) is 0 Å². The number of piperidine rings is 1. The Morgan fingerprint density at radius 2 is 1.81 bits per heavy atom. The highest BCUT2D eigenvalue weighted by Gasteiger charge is 2.29. The third-order valence-corrected chi connectivity index (χ3v) is 4.19. The van der Waals surface area contributed by atoms with E-state index in [2.05, 4.69) is 11.8 Å². The van der Waals surface area contributed by atoms with E-state index in [9.17, 15) is 9.59 Å². The number of likely N-dealkylation sites (tertiary alicyclic amines) is 1. The zero-order valence-corrected chi connectivity index (χ0v) is 13.2. The number of rotatable bonds is 9. The summed E-state index contributed by atoms with van der Waals surface area (Å²) in [5.74, 6) is -0.871. The lowest BCUT2D eigenvalue weighted by Crippen LogP contribution is -2.42. The Labute approximate surface area is 127 Å². The van der Waals surface area contributed by atoms with Crippen LogP contribution in [0.5, 0.6) is 0 Å². The van der Waals surface area contributed by atoms with Crippen molar-refractivity contribution in [1.29, 1.82) is 0 Å². The van der Waals surface area contributed by atoms with Gasteiger partial charge in [-0.3, -0.25) is 4.79 Å². The van der Waals surface area contributed by atoms with Crippen molar-refractivity contribution >= 4 is 11.9 Å². The molecule has 1 saturated heterocycles. The molecule has 0 radical (unpaired) electrons. The minimum absolute atomic E-state index is 0.124. The first-order valence-corrected chi connectivity index (χ1v) is 8.32. The van der Waals surface area contributed by atoms with E-state index in [0.29, 0.717) is 25.9 Å². The molecule has 0 aromatic carbocycles. The van der Waals surface area contributed by atoms with Crippen molar-refractivity contribution in [2.75, 3.05) is 13.1 Å². The summed E-state index contributed by atoms with van der Waals surface area (Å²) in [5, 5.41) is 8.42. The van der Waals surface area contributed by atoms with Crippen molar-refractivity contribution in [3.8, 4) is 0 Å². The van der Waals surface area contributed by atoms with Crippen molar-refractivity contribution in [2.24, 2.45) is 5.92 Å². The van der Waals surface area contributed by atoms with Gasteiger partial charge < -0.3 is 9.79 Å². The predicted octanol–water partition coefficient (Wildman–Crippen LogP) is 3.38. The summed E-state index contributed by atoms with van der Waals surface area (Å²) in [7, 11) is 0. The first-order chi connectivity index (χ1) is 10.2. The zero-order chi connectivity index (χ0) is 15.5. The second-order valence-electron chi connectivity index (χ2n) is 5.96. The van der Waals surface area contributed by atoms with Gasteiger partial charge in [-0.05, 0) is 19.3 Å². The topological polar surface area (TPSA) is 66.8 Å². The fourth-order valence-corrected chi connectivity index (χ4v) is 2.86. The van der Waals surface area contributed by atoms with Crippen molar-refractivity contribution in [3.05, 3.63) is 0 Å². The van der Waals surface area contributed by atoms with E-state index in [-0.39, 0.29) is 11.8 Å². The summed E-state index contributed by atoms with van der Waals surface area (Å²) in [6.07, 6.45) is 10.4. The maximum atomic E-state index is 12.1. The fourth-order valence-electron chi connectivity index (χ4n) is 2.86. The van der Waals surface area contributed by atoms with Gasteiger partial charge in [-0.15, -0.1) is 0 Å². The SMILES string of the molecule is CCCCCCCCCC(=O)N1CCCC(C(=O)OO)C1. The highest BCUT2D eigenvalue weighted by Crippen LogP contribution is 2.19. The maximum absolute atomic E-state index is 12.1. The molecular formula is C16H29NO4. The molecule has 0 spiro atoms. The summed E-state index contributed by atoms with van der Waals surface area (Å²) >= 11 is 0. The van der Waals surface area contributed by atoms with Gasteiger partial charge in [0.1, 0.15) is 0 Å². The average Bonchev–Trinajstić information content (AvgIpc) is 2.53. The largest absolute Gasteiger partial charge is 0.346 e. The third-order valence-electron chi connectivity index (χ3n) is 4.19. The van der Waals surface area contributed by atoms with Crippen LogP contribution in [-0.2, 0) is 14.5 Å². The molecule has 0 aromatic heterocycles. The lowest BCUT2D eigenvalue weighted by Gasteiger charge is -2.31. The van der Waals surface area contributed by atoms with Gasteiger partial charge in [0.2, 0.25) is 5.91 Å².